The molecule has 1 fully saturated rings. The standard InChI is InChI=1S/C19H18FN5O/c20-13-6-4-5-12(11-13)17-24-15-16(21)22-14(23-18(15)25-17)7-10-19(26)8-2-1-3-9-19/h4-6,11,26H,1-3,8-9H2,(H3,21,22,23,24,25). The van der Waals surface area contributed by atoms with Crippen LogP contribution in [0.3, 0.4) is 0 Å². The Morgan fingerprint density at radius 2 is 1.96 bits per heavy atom. The molecule has 1 aliphatic rings. The van der Waals surface area contributed by atoms with Crippen molar-refractivity contribution in [2.45, 2.75) is 37.7 Å². The van der Waals surface area contributed by atoms with Crippen LogP contribution in [0.1, 0.15) is 37.9 Å². The van der Waals surface area contributed by atoms with E-state index in [1.807, 2.05) is 0 Å². The topological polar surface area (TPSA) is 101 Å². The van der Waals surface area contributed by atoms with Gasteiger partial charge in [-0.1, -0.05) is 24.5 Å². The van der Waals surface area contributed by atoms with Crippen molar-refractivity contribution in [3.63, 3.8) is 0 Å². The maximum Gasteiger partial charge on any atom is 0.209 e. The number of hydrogen-bond donors (Lipinski definition) is 3. The summed E-state index contributed by atoms with van der Waals surface area (Å²) in [4.78, 5) is 15.9. The maximum atomic E-state index is 13.4. The Hall–Kier alpha value is -2.98. The van der Waals surface area contributed by atoms with Gasteiger partial charge < -0.3 is 15.8 Å². The van der Waals surface area contributed by atoms with Crippen LogP contribution in [0.4, 0.5) is 10.2 Å². The van der Waals surface area contributed by atoms with Crippen LogP contribution in [0.15, 0.2) is 24.3 Å². The van der Waals surface area contributed by atoms with Crippen molar-refractivity contribution in [3.8, 4) is 23.2 Å². The Bertz CT molecular complexity index is 1030. The van der Waals surface area contributed by atoms with Gasteiger partial charge >= 0.3 is 0 Å². The van der Waals surface area contributed by atoms with Crippen LogP contribution in [0.2, 0.25) is 0 Å². The van der Waals surface area contributed by atoms with E-state index < -0.39 is 5.60 Å². The number of fused-ring (bicyclic) bond motifs is 1. The molecule has 2 heterocycles. The number of nitrogens with two attached hydrogens (primary N) is 1. The summed E-state index contributed by atoms with van der Waals surface area (Å²) < 4.78 is 13.4. The lowest BCUT2D eigenvalue weighted by molar-refractivity contribution is 0.0610. The van der Waals surface area contributed by atoms with Crippen LogP contribution in [0, 0.1) is 17.7 Å². The van der Waals surface area contributed by atoms with Gasteiger partial charge in [0.15, 0.2) is 11.5 Å². The number of H-pyrrole nitrogens is 1. The number of nitrogens with zero attached hydrogens (tertiary/aromatic N) is 3. The summed E-state index contributed by atoms with van der Waals surface area (Å²) in [6, 6.07) is 6.09. The number of aromatic nitrogens is 4. The number of benzene rings is 1. The van der Waals surface area contributed by atoms with Gasteiger partial charge in [0, 0.05) is 5.56 Å². The molecule has 0 radical (unpaired) electrons. The zero-order chi connectivity index (χ0) is 18.1. The Morgan fingerprint density at radius 1 is 1.15 bits per heavy atom. The molecule has 0 spiro atoms. The molecule has 7 heteroatoms. The Kier molecular flexibility index (Phi) is 4.05. The third-order valence-corrected chi connectivity index (χ3v) is 4.56. The first-order chi connectivity index (χ1) is 12.5. The predicted octanol–water partition coefficient (Wildman–Crippen LogP) is 2.79. The number of hydrogen-bond acceptors (Lipinski definition) is 5. The van der Waals surface area contributed by atoms with Crippen LogP contribution in [0.25, 0.3) is 22.6 Å². The summed E-state index contributed by atoms with van der Waals surface area (Å²) in [6.45, 7) is 0. The van der Waals surface area contributed by atoms with Crippen LogP contribution >= 0.6 is 0 Å². The molecule has 6 nitrogen and oxygen atoms in total. The lowest BCUT2D eigenvalue weighted by atomic mass is 9.85. The maximum absolute atomic E-state index is 13.4. The van der Waals surface area contributed by atoms with Gasteiger partial charge in [0.1, 0.15) is 22.8 Å². The quantitative estimate of drug-likeness (QED) is 0.585. The van der Waals surface area contributed by atoms with E-state index in [0.717, 1.165) is 19.3 Å². The molecule has 1 aliphatic carbocycles. The van der Waals surface area contributed by atoms with Crippen LogP contribution in [-0.4, -0.2) is 30.6 Å². The molecule has 0 atom stereocenters. The highest BCUT2D eigenvalue weighted by atomic mass is 19.1. The first-order valence-corrected chi connectivity index (χ1v) is 8.57. The number of imidazole rings is 1. The largest absolute Gasteiger partial charge is 0.382 e. The lowest BCUT2D eigenvalue weighted by Gasteiger charge is -2.26. The van der Waals surface area contributed by atoms with Gasteiger partial charge in [0.05, 0.1) is 0 Å². The highest BCUT2D eigenvalue weighted by Crippen LogP contribution is 2.27. The predicted molar refractivity (Wildman–Crippen MR) is 96.4 cm³/mol. The molecule has 1 saturated carbocycles. The number of nitrogens with one attached hydrogen (secondary N) is 1. The van der Waals surface area contributed by atoms with E-state index in [1.165, 1.54) is 12.1 Å². The Labute approximate surface area is 149 Å². The number of halogens is 1. The average Bonchev–Trinajstić information content (AvgIpc) is 3.06. The first kappa shape index (κ1) is 16.5. The molecule has 4 N–H and O–H groups in total. The second-order valence-corrected chi connectivity index (χ2v) is 6.57. The number of aliphatic hydroxyl groups is 1. The zero-order valence-corrected chi connectivity index (χ0v) is 14.1. The first-order valence-electron chi connectivity index (χ1n) is 8.57. The number of nitrogen functional groups attached to an aromatic ring is 1. The molecule has 26 heavy (non-hydrogen) atoms. The van der Waals surface area contributed by atoms with Gasteiger partial charge in [-0.25, -0.2) is 14.4 Å². The summed E-state index contributed by atoms with van der Waals surface area (Å²) in [5.74, 6) is 6.25. The smallest absolute Gasteiger partial charge is 0.209 e. The molecule has 0 amide bonds. The summed E-state index contributed by atoms with van der Waals surface area (Å²) >= 11 is 0. The molecule has 132 valence electrons. The van der Waals surface area contributed by atoms with Crippen LogP contribution in [-0.2, 0) is 0 Å². The van der Waals surface area contributed by atoms with Crippen molar-refractivity contribution in [2.24, 2.45) is 0 Å². The van der Waals surface area contributed by atoms with E-state index >= 15 is 0 Å². The van der Waals surface area contributed by atoms with Gasteiger partial charge in [-0.05, 0) is 43.7 Å². The molecule has 1 aromatic carbocycles. The highest BCUT2D eigenvalue weighted by Gasteiger charge is 2.26. The average molecular weight is 351 g/mol. The molecule has 3 aromatic rings. The van der Waals surface area contributed by atoms with Gasteiger partial charge in [0.2, 0.25) is 5.82 Å². The second kappa shape index (κ2) is 6.39. The molecular formula is C19H18FN5O. The monoisotopic (exact) mass is 351 g/mol. The molecule has 4 rings (SSSR count). The summed E-state index contributed by atoms with van der Waals surface area (Å²) in [6.07, 6.45) is 4.36. The van der Waals surface area contributed by atoms with E-state index in [1.54, 1.807) is 12.1 Å². The third kappa shape index (κ3) is 3.24. The minimum Gasteiger partial charge on any atom is -0.382 e. The number of aromatic amines is 1. The van der Waals surface area contributed by atoms with Crippen molar-refractivity contribution in [2.75, 3.05) is 5.73 Å². The summed E-state index contributed by atoms with van der Waals surface area (Å²) in [5.41, 5.74) is 6.44. The van der Waals surface area contributed by atoms with Crippen LogP contribution < -0.4 is 5.73 Å². The number of anilines is 1. The molecule has 0 saturated heterocycles. The SMILES string of the molecule is Nc1nc(C#CC2(O)CCCCC2)nc2nc(-c3cccc(F)c3)[nH]c12. The fourth-order valence-corrected chi connectivity index (χ4v) is 3.18. The van der Waals surface area contributed by atoms with E-state index in [-0.39, 0.29) is 17.5 Å². The van der Waals surface area contributed by atoms with Gasteiger partial charge in [-0.2, -0.15) is 4.98 Å². The normalized spacial score (nSPS) is 16.2. The molecule has 0 aliphatic heterocycles. The minimum absolute atomic E-state index is 0.213. The molecule has 2 aromatic heterocycles. The number of rotatable bonds is 1. The molecular weight excluding hydrogens is 333 g/mol. The van der Waals surface area contributed by atoms with Crippen LogP contribution in [0.5, 0.6) is 0 Å². The highest BCUT2D eigenvalue weighted by molar-refractivity contribution is 5.84. The van der Waals surface area contributed by atoms with Crippen molar-refractivity contribution >= 4 is 17.0 Å². The van der Waals surface area contributed by atoms with E-state index in [4.69, 9.17) is 5.73 Å². The van der Waals surface area contributed by atoms with Crippen molar-refractivity contribution in [1.82, 2.24) is 19.9 Å². The van der Waals surface area contributed by atoms with Gasteiger partial charge in [-0.15, -0.1) is 0 Å². The van der Waals surface area contributed by atoms with Crippen molar-refractivity contribution < 1.29 is 9.50 Å². The third-order valence-electron chi connectivity index (χ3n) is 4.56. The minimum atomic E-state index is -0.983. The zero-order valence-electron chi connectivity index (χ0n) is 14.1. The van der Waals surface area contributed by atoms with Crippen molar-refractivity contribution in [1.29, 1.82) is 0 Å². The second-order valence-electron chi connectivity index (χ2n) is 6.57. The fraction of sp³-hybridized carbons (Fsp3) is 0.316. The van der Waals surface area contributed by atoms with Crippen molar-refractivity contribution in [3.05, 3.63) is 35.9 Å². The van der Waals surface area contributed by atoms with E-state index in [0.29, 0.717) is 35.4 Å². The Morgan fingerprint density at radius 3 is 2.73 bits per heavy atom. The fourth-order valence-electron chi connectivity index (χ4n) is 3.18. The van der Waals surface area contributed by atoms with Gasteiger partial charge in [0.25, 0.3) is 0 Å². The van der Waals surface area contributed by atoms with E-state index in [9.17, 15) is 9.50 Å². The summed E-state index contributed by atoms with van der Waals surface area (Å²) in [7, 11) is 0. The Balaban J connectivity index is 1.71. The van der Waals surface area contributed by atoms with Gasteiger partial charge in [-0.3, -0.25) is 0 Å². The molecule has 0 bridgehead atoms. The summed E-state index contributed by atoms with van der Waals surface area (Å²) in [5, 5.41) is 10.5. The van der Waals surface area contributed by atoms with E-state index in [2.05, 4.69) is 31.8 Å². The lowest BCUT2D eigenvalue weighted by Crippen LogP contribution is -2.29. The molecule has 0 unspecified atom stereocenters.